The van der Waals surface area contributed by atoms with Crippen molar-refractivity contribution in [3.8, 4) is 5.75 Å². The van der Waals surface area contributed by atoms with Crippen LogP contribution in [0.2, 0.25) is 5.02 Å². The van der Waals surface area contributed by atoms with Gasteiger partial charge in [-0.3, -0.25) is 16.1 Å². The van der Waals surface area contributed by atoms with Crippen molar-refractivity contribution < 1.29 is 19.4 Å². The highest BCUT2D eigenvalue weighted by atomic mass is 35.5. The van der Waals surface area contributed by atoms with Crippen LogP contribution in [0.5, 0.6) is 5.75 Å². The Bertz CT molecular complexity index is 525. The van der Waals surface area contributed by atoms with Crippen LogP contribution in [0.1, 0.15) is 25.0 Å². The van der Waals surface area contributed by atoms with Gasteiger partial charge in [-0.2, -0.15) is 0 Å². The van der Waals surface area contributed by atoms with Crippen LogP contribution >= 0.6 is 11.6 Å². The van der Waals surface area contributed by atoms with Crippen LogP contribution in [0.15, 0.2) is 12.1 Å². The molecule has 1 heterocycles. The number of ether oxygens (including phenoxy) is 3. The summed E-state index contributed by atoms with van der Waals surface area (Å²) in [7, 11) is 0. The lowest BCUT2D eigenvalue weighted by Crippen LogP contribution is -2.25. The third kappa shape index (κ3) is 3.85. The summed E-state index contributed by atoms with van der Waals surface area (Å²) in [6.07, 6.45) is -0.146. The summed E-state index contributed by atoms with van der Waals surface area (Å²) in [5, 5.41) is 16.7. The topological polar surface area (TPSA) is 83.8 Å². The first-order valence-electron chi connectivity index (χ1n) is 6.56. The average Bonchev–Trinajstić information content (AvgIpc) is 2.76. The van der Waals surface area contributed by atoms with Gasteiger partial charge in [0.25, 0.3) is 0 Å². The van der Waals surface area contributed by atoms with Crippen molar-refractivity contribution in [3.63, 3.8) is 0 Å². The van der Waals surface area contributed by atoms with E-state index in [0.717, 1.165) is 5.56 Å². The molecule has 0 bridgehead atoms. The standard InChI is InChI=1S/C14H19ClN2O4/c1-8-4-9(13(16)17-18)5-11(15)12(8)19-6-10-7-20-14(2,3)21-10/h4-5,10,18H,6-7H2,1-3H3,(H2,16,17). The van der Waals surface area contributed by atoms with Gasteiger partial charge in [0.05, 0.1) is 11.6 Å². The summed E-state index contributed by atoms with van der Waals surface area (Å²) in [5.41, 5.74) is 3.04. The van der Waals surface area contributed by atoms with Gasteiger partial charge in [-0.25, -0.2) is 0 Å². The number of benzene rings is 1. The molecular formula is C14H19ClN2O4. The van der Waals surface area contributed by atoms with E-state index in [9.17, 15) is 0 Å². The second-order valence-electron chi connectivity index (χ2n) is 5.35. The van der Waals surface area contributed by atoms with Gasteiger partial charge in [-0.15, -0.1) is 0 Å². The molecule has 1 aliphatic heterocycles. The number of nitrogens with one attached hydrogen (secondary N) is 2. The number of hydrogen-bond acceptors (Lipinski definition) is 5. The van der Waals surface area contributed by atoms with E-state index < -0.39 is 5.79 Å². The Kier molecular flexibility index (Phi) is 4.73. The fourth-order valence-electron chi connectivity index (χ4n) is 2.14. The van der Waals surface area contributed by atoms with E-state index in [-0.39, 0.29) is 11.9 Å². The van der Waals surface area contributed by atoms with Crippen LogP contribution in [0, 0.1) is 12.3 Å². The molecule has 1 fully saturated rings. The van der Waals surface area contributed by atoms with Gasteiger partial charge in [-0.05, 0) is 38.5 Å². The van der Waals surface area contributed by atoms with Gasteiger partial charge >= 0.3 is 0 Å². The van der Waals surface area contributed by atoms with Crippen molar-refractivity contribution in [2.45, 2.75) is 32.7 Å². The summed E-state index contributed by atoms with van der Waals surface area (Å²) in [4.78, 5) is 0. The van der Waals surface area contributed by atoms with E-state index in [1.54, 1.807) is 17.6 Å². The van der Waals surface area contributed by atoms with Crippen molar-refractivity contribution >= 4 is 17.4 Å². The minimum atomic E-state index is -0.585. The molecular weight excluding hydrogens is 296 g/mol. The second-order valence-corrected chi connectivity index (χ2v) is 5.76. The van der Waals surface area contributed by atoms with Crippen molar-refractivity contribution in [1.82, 2.24) is 5.48 Å². The van der Waals surface area contributed by atoms with Crippen LogP contribution in [-0.2, 0) is 9.47 Å². The minimum Gasteiger partial charge on any atom is -0.489 e. The molecule has 7 heteroatoms. The third-order valence-electron chi connectivity index (χ3n) is 3.11. The van der Waals surface area contributed by atoms with Crippen molar-refractivity contribution in [2.75, 3.05) is 13.2 Å². The van der Waals surface area contributed by atoms with Crippen molar-refractivity contribution in [3.05, 3.63) is 28.3 Å². The highest BCUT2D eigenvalue weighted by Gasteiger charge is 2.33. The maximum absolute atomic E-state index is 8.76. The molecule has 0 saturated carbocycles. The molecule has 1 aromatic carbocycles. The first-order valence-corrected chi connectivity index (χ1v) is 6.94. The number of amidine groups is 1. The van der Waals surface area contributed by atoms with Crippen LogP contribution in [0.3, 0.4) is 0 Å². The van der Waals surface area contributed by atoms with E-state index in [1.807, 2.05) is 20.8 Å². The van der Waals surface area contributed by atoms with Crippen LogP contribution in [-0.4, -0.2) is 36.1 Å². The Morgan fingerprint density at radius 3 is 2.81 bits per heavy atom. The molecule has 2 rings (SSSR count). The van der Waals surface area contributed by atoms with E-state index in [1.165, 1.54) is 0 Å². The maximum Gasteiger partial charge on any atom is 0.163 e. The number of rotatable bonds is 4. The quantitative estimate of drug-likeness (QED) is 0.452. The van der Waals surface area contributed by atoms with Gasteiger partial charge in [0, 0.05) is 5.56 Å². The van der Waals surface area contributed by atoms with E-state index in [2.05, 4.69) is 0 Å². The lowest BCUT2D eigenvalue weighted by molar-refractivity contribution is -0.141. The molecule has 0 spiro atoms. The maximum atomic E-state index is 8.76. The summed E-state index contributed by atoms with van der Waals surface area (Å²) in [5.74, 6) is -0.168. The molecule has 1 aliphatic rings. The van der Waals surface area contributed by atoms with Gasteiger partial charge in [0.2, 0.25) is 0 Å². The fraction of sp³-hybridized carbons (Fsp3) is 0.500. The fourth-order valence-corrected chi connectivity index (χ4v) is 2.47. The summed E-state index contributed by atoms with van der Waals surface area (Å²) in [6, 6.07) is 3.27. The second kappa shape index (κ2) is 6.19. The summed E-state index contributed by atoms with van der Waals surface area (Å²) in [6.45, 7) is 6.34. The van der Waals surface area contributed by atoms with E-state index in [4.69, 9.17) is 36.4 Å². The predicted octanol–water partition coefficient (Wildman–Crippen LogP) is 2.48. The Hall–Kier alpha value is -1.34. The molecule has 0 aliphatic carbocycles. The number of hydrogen-bond donors (Lipinski definition) is 3. The highest BCUT2D eigenvalue weighted by Crippen LogP contribution is 2.31. The van der Waals surface area contributed by atoms with Gasteiger partial charge in [0.15, 0.2) is 5.79 Å². The van der Waals surface area contributed by atoms with Crippen molar-refractivity contribution in [1.29, 1.82) is 5.41 Å². The highest BCUT2D eigenvalue weighted by molar-refractivity contribution is 6.32. The first-order chi connectivity index (χ1) is 9.82. The molecule has 1 atom stereocenters. The smallest absolute Gasteiger partial charge is 0.163 e. The van der Waals surface area contributed by atoms with Crippen LogP contribution in [0.4, 0.5) is 0 Å². The third-order valence-corrected chi connectivity index (χ3v) is 3.39. The molecule has 1 saturated heterocycles. The number of halogens is 1. The lowest BCUT2D eigenvalue weighted by Gasteiger charge is -2.18. The van der Waals surface area contributed by atoms with Crippen molar-refractivity contribution in [2.24, 2.45) is 0 Å². The van der Waals surface area contributed by atoms with Crippen LogP contribution in [0.25, 0.3) is 0 Å². The Morgan fingerprint density at radius 2 is 2.29 bits per heavy atom. The molecule has 116 valence electrons. The zero-order chi connectivity index (χ0) is 15.6. The number of aryl methyl sites for hydroxylation is 1. The van der Waals surface area contributed by atoms with E-state index in [0.29, 0.717) is 29.5 Å². The molecule has 0 aromatic heterocycles. The molecule has 0 radical (unpaired) electrons. The Balaban J connectivity index is 2.05. The van der Waals surface area contributed by atoms with E-state index >= 15 is 0 Å². The molecule has 3 N–H and O–H groups in total. The Morgan fingerprint density at radius 1 is 1.57 bits per heavy atom. The zero-order valence-electron chi connectivity index (χ0n) is 12.2. The monoisotopic (exact) mass is 314 g/mol. The summed E-state index contributed by atoms with van der Waals surface area (Å²) >= 11 is 6.17. The molecule has 0 amide bonds. The SMILES string of the molecule is Cc1cc(C(=N)NO)cc(Cl)c1OCC1COC(C)(C)O1. The molecule has 1 unspecified atom stereocenters. The summed E-state index contributed by atoms with van der Waals surface area (Å²) < 4.78 is 16.9. The molecule has 6 nitrogen and oxygen atoms in total. The van der Waals surface area contributed by atoms with Gasteiger partial charge in [0.1, 0.15) is 24.3 Å². The average molecular weight is 315 g/mol. The van der Waals surface area contributed by atoms with Gasteiger partial charge < -0.3 is 14.2 Å². The molecule has 21 heavy (non-hydrogen) atoms. The number of hydroxylamine groups is 1. The van der Waals surface area contributed by atoms with Gasteiger partial charge in [-0.1, -0.05) is 11.6 Å². The normalized spacial score (nSPS) is 20.3. The predicted molar refractivity (Wildman–Crippen MR) is 78.3 cm³/mol. The molecule has 1 aromatic rings. The van der Waals surface area contributed by atoms with Crippen LogP contribution < -0.4 is 10.2 Å². The Labute approximate surface area is 128 Å². The minimum absolute atomic E-state index is 0.124. The first kappa shape index (κ1) is 16.0. The largest absolute Gasteiger partial charge is 0.489 e. The zero-order valence-corrected chi connectivity index (χ0v) is 13.0. The lowest BCUT2D eigenvalue weighted by atomic mass is 10.1.